The first kappa shape index (κ1) is 31.2. The molecule has 0 radical (unpaired) electrons. The highest BCUT2D eigenvalue weighted by atomic mass is 35.5. The molecule has 0 amide bonds. The Morgan fingerprint density at radius 3 is 2.62 bits per heavy atom. The molecule has 1 aromatic carbocycles. The second-order valence-corrected chi connectivity index (χ2v) is 11.1. The molecule has 11 nitrogen and oxygen atoms in total. The standard InChI is InChI=1S/C33H32ClN9O2/c1-6-10-21-12-13-23(17-26(21)41-42-27-20(4)25(7-2)28(44)43(8-3)29(27)45)37-32-39-30(34)38-31(40-32)36-22-11-9-15-33(5,16-14-22)18-24-19-35-24/h9,11-17H,2,7-8,18-19H2,1,3-5H3,(H2-,36,37,38,39,40,41,44,45)/p+1. The van der Waals surface area contributed by atoms with Gasteiger partial charge >= 0.3 is 0 Å². The van der Waals surface area contributed by atoms with Crippen molar-refractivity contribution in [3.63, 3.8) is 0 Å². The molecule has 1 unspecified atom stereocenters. The van der Waals surface area contributed by atoms with Crippen LogP contribution in [0.15, 0.2) is 74.3 Å². The minimum atomic E-state index is -0.443. The molecule has 2 aromatic heterocycles. The molecule has 1 atom stereocenters. The first-order valence-electron chi connectivity index (χ1n) is 14.4. The van der Waals surface area contributed by atoms with E-state index in [-0.39, 0.29) is 47.1 Å². The first-order valence-corrected chi connectivity index (χ1v) is 14.8. The summed E-state index contributed by atoms with van der Waals surface area (Å²) in [5.41, 5.74) is 4.25. The summed E-state index contributed by atoms with van der Waals surface area (Å²) < 4.78 is 1.25. The predicted octanol–water partition coefficient (Wildman–Crippen LogP) is 6.90. The number of pyridine rings is 1. The van der Waals surface area contributed by atoms with Crippen molar-refractivity contribution in [3.05, 3.63) is 93.5 Å². The minimum absolute atomic E-state index is 0.00457. The fourth-order valence-electron chi connectivity index (χ4n) is 4.90. The summed E-state index contributed by atoms with van der Waals surface area (Å²) in [5.74, 6) is 6.26. The monoisotopic (exact) mass is 622 g/mol. The number of aliphatic imine (C=N–C) groups is 1. The summed E-state index contributed by atoms with van der Waals surface area (Å²) in [6, 6.07) is 5.30. The van der Waals surface area contributed by atoms with Crippen molar-refractivity contribution in [2.45, 2.75) is 47.1 Å². The lowest BCUT2D eigenvalue weighted by Crippen LogP contribution is -2.21. The number of benzene rings is 1. The van der Waals surface area contributed by atoms with Gasteiger partial charge in [-0.1, -0.05) is 31.1 Å². The predicted molar refractivity (Wildman–Crippen MR) is 178 cm³/mol. The van der Waals surface area contributed by atoms with E-state index in [4.69, 9.17) is 11.6 Å². The molecule has 0 saturated carbocycles. The Balaban J connectivity index is 1.40. The maximum Gasteiger partial charge on any atom is 0.281 e. The van der Waals surface area contributed by atoms with Crippen molar-refractivity contribution in [1.29, 1.82) is 0 Å². The molecular formula is C33H33ClN9O2+. The van der Waals surface area contributed by atoms with Crippen molar-refractivity contribution in [2.75, 3.05) is 17.2 Å². The Labute approximate surface area is 266 Å². The Bertz CT molecular complexity index is 1930. The SMILES string of the molecule is [CH2+]Cc1c(C)c(N=Nc2cc(Nc3nc(Cl)nc(NC4=CC=CC(C)(CC5=NC5)C=C4)n3)ccc2C#CC)c(=O)n(CC)c1O. The van der Waals surface area contributed by atoms with Crippen LogP contribution in [0.2, 0.25) is 5.28 Å². The Morgan fingerprint density at radius 2 is 1.93 bits per heavy atom. The Morgan fingerprint density at radius 1 is 1.18 bits per heavy atom. The Hall–Kier alpha value is -5.21. The van der Waals surface area contributed by atoms with E-state index in [2.05, 4.69) is 78.6 Å². The molecule has 3 N–H and O–H groups in total. The number of aromatic nitrogens is 4. The van der Waals surface area contributed by atoms with Gasteiger partial charge in [0.1, 0.15) is 12.1 Å². The van der Waals surface area contributed by atoms with Crippen LogP contribution in [0.5, 0.6) is 5.88 Å². The van der Waals surface area contributed by atoms with Gasteiger partial charge in [0.25, 0.3) is 5.56 Å². The van der Waals surface area contributed by atoms with Gasteiger partial charge in [0.05, 0.1) is 24.6 Å². The summed E-state index contributed by atoms with van der Waals surface area (Å²) in [6.45, 7) is 12.4. The van der Waals surface area contributed by atoms with E-state index < -0.39 is 5.56 Å². The molecule has 1 aliphatic carbocycles. The van der Waals surface area contributed by atoms with Crippen molar-refractivity contribution in [2.24, 2.45) is 20.6 Å². The highest BCUT2D eigenvalue weighted by Gasteiger charge is 2.25. The van der Waals surface area contributed by atoms with Crippen LogP contribution in [-0.2, 0) is 13.0 Å². The smallest absolute Gasteiger partial charge is 0.281 e. The molecule has 3 aromatic rings. The van der Waals surface area contributed by atoms with Crippen molar-refractivity contribution < 1.29 is 5.11 Å². The number of halogens is 1. The fourth-order valence-corrected chi connectivity index (χ4v) is 5.06. The van der Waals surface area contributed by atoms with E-state index in [1.165, 1.54) is 10.3 Å². The molecule has 2 aliphatic rings. The zero-order valence-corrected chi connectivity index (χ0v) is 26.3. The maximum atomic E-state index is 13.1. The third-order valence-corrected chi connectivity index (χ3v) is 7.52. The molecule has 0 saturated heterocycles. The molecule has 228 valence electrons. The number of aromatic hydroxyl groups is 1. The molecule has 5 rings (SSSR count). The number of nitrogens with zero attached hydrogens (tertiary/aromatic N) is 7. The van der Waals surface area contributed by atoms with E-state index in [0.717, 1.165) is 18.7 Å². The minimum Gasteiger partial charge on any atom is -0.494 e. The normalized spacial score (nSPS) is 16.9. The topological polar surface area (TPSA) is 142 Å². The number of hydrogen-bond donors (Lipinski definition) is 3. The largest absolute Gasteiger partial charge is 0.494 e. The summed E-state index contributed by atoms with van der Waals surface area (Å²) >= 11 is 6.27. The summed E-state index contributed by atoms with van der Waals surface area (Å²) in [5, 5.41) is 25.6. The lowest BCUT2D eigenvalue weighted by molar-refractivity contribution is 0.405. The quantitative estimate of drug-likeness (QED) is 0.127. The van der Waals surface area contributed by atoms with Gasteiger partial charge in [0.2, 0.25) is 23.1 Å². The average Bonchev–Trinajstić information content (AvgIpc) is 3.82. The Kier molecular flexibility index (Phi) is 9.16. The van der Waals surface area contributed by atoms with Gasteiger partial charge in [0, 0.05) is 29.1 Å². The van der Waals surface area contributed by atoms with Gasteiger partial charge in [-0.2, -0.15) is 15.0 Å². The first-order chi connectivity index (χ1) is 21.6. The summed E-state index contributed by atoms with van der Waals surface area (Å²) in [4.78, 5) is 30.3. The third-order valence-electron chi connectivity index (χ3n) is 7.35. The van der Waals surface area contributed by atoms with Crippen LogP contribution in [-0.4, -0.2) is 36.9 Å². The van der Waals surface area contributed by atoms with Gasteiger partial charge in [0.15, 0.2) is 5.69 Å². The average molecular weight is 623 g/mol. The fraction of sp³-hybridized carbons (Fsp3) is 0.273. The second kappa shape index (κ2) is 13.2. The van der Waals surface area contributed by atoms with E-state index >= 15 is 0 Å². The molecule has 0 fully saturated rings. The van der Waals surface area contributed by atoms with Crippen molar-refractivity contribution >= 4 is 46.3 Å². The zero-order valence-electron chi connectivity index (χ0n) is 25.5. The van der Waals surface area contributed by atoms with Crippen LogP contribution in [0.25, 0.3) is 0 Å². The zero-order chi connectivity index (χ0) is 32.1. The van der Waals surface area contributed by atoms with Gasteiger partial charge in [-0.3, -0.25) is 14.4 Å². The van der Waals surface area contributed by atoms with E-state index in [9.17, 15) is 9.90 Å². The number of azo groups is 1. The highest BCUT2D eigenvalue weighted by Crippen LogP contribution is 2.32. The number of anilines is 3. The van der Waals surface area contributed by atoms with Crippen molar-refractivity contribution in [3.8, 4) is 17.7 Å². The van der Waals surface area contributed by atoms with Crippen LogP contribution in [0.4, 0.5) is 29.0 Å². The second-order valence-electron chi connectivity index (χ2n) is 10.8. The highest BCUT2D eigenvalue weighted by molar-refractivity contribution is 6.28. The van der Waals surface area contributed by atoms with Crippen LogP contribution in [0.3, 0.4) is 0 Å². The van der Waals surface area contributed by atoms with Crippen molar-refractivity contribution in [1.82, 2.24) is 19.5 Å². The summed E-state index contributed by atoms with van der Waals surface area (Å²) in [6.07, 6.45) is 11.4. The lowest BCUT2D eigenvalue weighted by atomic mass is 9.85. The number of hydrogen-bond acceptors (Lipinski definition) is 10. The van der Waals surface area contributed by atoms with Crippen LogP contribution in [0.1, 0.15) is 43.9 Å². The van der Waals surface area contributed by atoms with E-state index in [1.807, 2.05) is 18.2 Å². The molecule has 0 spiro atoms. The maximum absolute atomic E-state index is 13.1. The summed E-state index contributed by atoms with van der Waals surface area (Å²) in [7, 11) is 0. The lowest BCUT2D eigenvalue weighted by Gasteiger charge is -2.18. The molecule has 12 heteroatoms. The molecular weight excluding hydrogens is 590 g/mol. The molecule has 45 heavy (non-hydrogen) atoms. The number of rotatable bonds is 10. The van der Waals surface area contributed by atoms with Crippen LogP contribution < -0.4 is 16.2 Å². The van der Waals surface area contributed by atoms with Gasteiger partial charge in [-0.05, 0) is 74.7 Å². The van der Waals surface area contributed by atoms with Gasteiger partial charge < -0.3 is 15.7 Å². The number of allylic oxidation sites excluding steroid dienone is 5. The van der Waals surface area contributed by atoms with Crippen LogP contribution >= 0.6 is 11.6 Å². The molecule has 0 bridgehead atoms. The van der Waals surface area contributed by atoms with E-state index in [0.29, 0.717) is 28.1 Å². The number of nitrogens with one attached hydrogen (secondary N) is 2. The molecule has 3 heterocycles. The van der Waals surface area contributed by atoms with Gasteiger partial charge in [-0.25, -0.2) is 0 Å². The third kappa shape index (κ3) is 7.30. The molecule has 1 aliphatic heterocycles. The van der Waals surface area contributed by atoms with Crippen LogP contribution in [0, 0.1) is 31.1 Å². The van der Waals surface area contributed by atoms with Gasteiger partial charge in [-0.15, -0.1) is 16.1 Å². The van der Waals surface area contributed by atoms with E-state index in [1.54, 1.807) is 39.0 Å².